The molecule has 0 amide bonds. The van der Waals surface area contributed by atoms with Crippen LogP contribution in [0, 0.1) is 0 Å². The Kier molecular flexibility index (Phi) is 19.9. The number of rotatable bonds is 0. The molecule has 0 aliphatic carbocycles. The molecule has 18 valence electrons. The van der Waals surface area contributed by atoms with Crippen LogP contribution < -0.4 is 29.6 Å². The van der Waals surface area contributed by atoms with Gasteiger partial charge >= 0.3 is 38.2 Å². The Labute approximate surface area is 47.8 Å². The van der Waals surface area contributed by atoms with E-state index >= 15 is 0 Å². The van der Waals surface area contributed by atoms with Gasteiger partial charge in [0.05, 0.1) is 0 Å². The molecule has 2 nitrogen and oxygen atoms in total. The molecule has 0 aromatic carbocycles. The molecular formula is HNaO2P+. The van der Waals surface area contributed by atoms with Gasteiger partial charge in [0.1, 0.15) is 0 Å². The summed E-state index contributed by atoms with van der Waals surface area (Å²) in [6, 6.07) is 0. The Morgan fingerprint density at radius 3 is 1.75 bits per heavy atom. The zero-order chi connectivity index (χ0) is 2.71. The number of hydrogen-bond acceptors (Lipinski definition) is 1. The van der Waals surface area contributed by atoms with Crippen LogP contribution in [0.5, 0.6) is 0 Å². The first kappa shape index (κ1) is 8.91. The molecule has 0 saturated carbocycles. The predicted octanol–water partition coefficient (Wildman–Crippen LogP) is -2.81. The first-order chi connectivity index (χ1) is 1.41. The third-order valence-corrected chi connectivity index (χ3v) is 0. The third-order valence-electron chi connectivity index (χ3n) is 0. The normalized spacial score (nSPS) is 5.25. The summed E-state index contributed by atoms with van der Waals surface area (Å²) in [5.41, 5.74) is 0. The summed E-state index contributed by atoms with van der Waals surface area (Å²) in [5.74, 6) is 0. The molecular weight excluding hydrogens is 86.0 g/mol. The van der Waals surface area contributed by atoms with Crippen LogP contribution in [-0.4, -0.2) is 4.89 Å². The minimum absolute atomic E-state index is 0. The van der Waals surface area contributed by atoms with Crippen molar-refractivity contribution in [3.63, 3.8) is 0 Å². The fourth-order valence-corrected chi connectivity index (χ4v) is 0. The molecule has 0 atom stereocenters. The molecule has 1 N–H and O–H groups in total. The van der Waals surface area contributed by atoms with Crippen molar-refractivity contribution in [2.45, 2.75) is 0 Å². The molecule has 0 aliphatic rings. The second-order valence-corrected chi connectivity index (χ2v) is 0.245. The molecule has 0 spiro atoms. The summed E-state index contributed by atoms with van der Waals surface area (Å²) < 4.78 is 8.46. The fraction of sp³-hybridized carbons (Fsp3) is 0. The van der Waals surface area contributed by atoms with Crippen molar-refractivity contribution < 1.29 is 39.0 Å². The van der Waals surface area contributed by atoms with Gasteiger partial charge < -0.3 is 4.89 Å². The van der Waals surface area contributed by atoms with Crippen molar-refractivity contribution in [3.05, 3.63) is 0 Å². The molecule has 0 rings (SSSR count). The van der Waals surface area contributed by atoms with Crippen molar-refractivity contribution in [2.24, 2.45) is 0 Å². The van der Waals surface area contributed by atoms with Gasteiger partial charge in [0.2, 0.25) is 0 Å². The number of hydrogen-bond donors (Lipinski definition) is 1. The summed E-state index contributed by atoms with van der Waals surface area (Å²) in [4.78, 5) is 6.99. The predicted molar refractivity (Wildman–Crippen MR) is 9.83 cm³/mol. The van der Waals surface area contributed by atoms with E-state index in [0.29, 0.717) is 0 Å². The van der Waals surface area contributed by atoms with Gasteiger partial charge in [-0.15, -0.1) is 0 Å². The molecule has 0 aromatic heterocycles. The summed E-state index contributed by atoms with van der Waals surface area (Å²) >= 11 is 0. The van der Waals surface area contributed by atoms with Gasteiger partial charge in [-0.25, -0.2) is 4.57 Å². The van der Waals surface area contributed by atoms with Crippen LogP contribution in [0.25, 0.3) is 0 Å². The molecule has 4 heavy (non-hydrogen) atoms. The Morgan fingerprint density at radius 1 is 1.75 bits per heavy atom. The molecule has 0 fully saturated rings. The molecule has 0 unspecified atom stereocenters. The van der Waals surface area contributed by atoms with E-state index in [1.165, 1.54) is 0 Å². The van der Waals surface area contributed by atoms with Gasteiger partial charge in [-0.2, -0.15) is 0 Å². The maximum absolute atomic E-state index is 8.46. The summed E-state index contributed by atoms with van der Waals surface area (Å²) in [5, 5.41) is 0. The molecule has 0 aliphatic heterocycles. The van der Waals surface area contributed by atoms with Gasteiger partial charge in [0, 0.05) is 0 Å². The van der Waals surface area contributed by atoms with Gasteiger partial charge in [-0.3, -0.25) is 0 Å². The zero-order valence-corrected chi connectivity index (χ0v) is 5.20. The van der Waals surface area contributed by atoms with E-state index in [-0.39, 0.29) is 29.6 Å². The second-order valence-electron chi connectivity index (χ2n) is 0.0816. The van der Waals surface area contributed by atoms with Crippen molar-refractivity contribution in [1.29, 1.82) is 0 Å². The maximum Gasteiger partial charge on any atom is 1.00 e. The van der Waals surface area contributed by atoms with E-state index < -0.39 is 8.69 Å². The summed E-state index contributed by atoms with van der Waals surface area (Å²) in [6.07, 6.45) is 0. The summed E-state index contributed by atoms with van der Waals surface area (Å²) in [6.45, 7) is 0. The van der Waals surface area contributed by atoms with E-state index in [1.54, 1.807) is 0 Å². The molecule has 0 radical (unpaired) electrons. The maximum atomic E-state index is 8.46. The average Bonchev–Trinajstić information content (AvgIpc) is 0.918. The van der Waals surface area contributed by atoms with Crippen LogP contribution in [0.4, 0.5) is 0 Å². The van der Waals surface area contributed by atoms with E-state index in [2.05, 4.69) is 0 Å². The summed E-state index contributed by atoms with van der Waals surface area (Å²) in [7, 11) is -0.833. The molecule has 0 aromatic rings. The van der Waals surface area contributed by atoms with Crippen LogP contribution in [-0.2, 0) is 4.57 Å². The fourth-order valence-electron chi connectivity index (χ4n) is 0. The Morgan fingerprint density at radius 2 is 1.75 bits per heavy atom. The van der Waals surface area contributed by atoms with Crippen molar-refractivity contribution >= 4 is 8.69 Å². The van der Waals surface area contributed by atoms with Crippen LogP contribution in [0.1, 0.15) is 0 Å². The first-order valence-electron chi connectivity index (χ1n) is 0.383. The first-order valence-corrected chi connectivity index (χ1v) is 1.15. The van der Waals surface area contributed by atoms with Crippen LogP contribution >= 0.6 is 8.69 Å². The van der Waals surface area contributed by atoms with Crippen molar-refractivity contribution in [3.8, 4) is 0 Å². The standard InChI is InChI=1S/Na.HO2P/c;1-3-2/h;(H,1,2)/q+1;. The molecule has 0 bridgehead atoms. The second kappa shape index (κ2) is 8.96. The van der Waals surface area contributed by atoms with Crippen molar-refractivity contribution in [2.75, 3.05) is 0 Å². The van der Waals surface area contributed by atoms with E-state index in [4.69, 9.17) is 9.46 Å². The van der Waals surface area contributed by atoms with Crippen LogP contribution in [0.3, 0.4) is 0 Å². The topological polar surface area (TPSA) is 37.3 Å². The monoisotopic (exact) mass is 87.0 g/mol. The smallest absolute Gasteiger partial charge is 0.310 e. The van der Waals surface area contributed by atoms with Gasteiger partial charge in [-0.05, 0) is 0 Å². The van der Waals surface area contributed by atoms with Crippen LogP contribution in [0.2, 0.25) is 0 Å². The zero-order valence-electron chi connectivity index (χ0n) is 2.30. The van der Waals surface area contributed by atoms with Crippen LogP contribution in [0.15, 0.2) is 0 Å². The van der Waals surface area contributed by atoms with Gasteiger partial charge in [0.15, 0.2) is 0 Å². The van der Waals surface area contributed by atoms with Gasteiger partial charge in [0.25, 0.3) is 0 Å². The Bertz CT molecular complexity index is 13.5. The minimum Gasteiger partial charge on any atom is -0.310 e. The Hall–Kier alpha value is 1.06. The molecule has 0 saturated heterocycles. The largest absolute Gasteiger partial charge is 1.00 e. The molecule has 4 heteroatoms. The molecule has 0 heterocycles. The SMILES string of the molecule is O=PO.[Na+]. The Balaban J connectivity index is 0. The van der Waals surface area contributed by atoms with E-state index in [0.717, 1.165) is 0 Å². The van der Waals surface area contributed by atoms with Gasteiger partial charge in [-0.1, -0.05) is 0 Å². The quantitative estimate of drug-likeness (QED) is 0.256. The third kappa shape index (κ3) is 11.6. The van der Waals surface area contributed by atoms with E-state index in [9.17, 15) is 0 Å². The van der Waals surface area contributed by atoms with Crippen molar-refractivity contribution in [1.82, 2.24) is 0 Å². The minimum atomic E-state index is -0.833. The average molecular weight is 87.0 g/mol. The van der Waals surface area contributed by atoms with E-state index in [1.807, 2.05) is 0 Å².